The summed E-state index contributed by atoms with van der Waals surface area (Å²) in [6.07, 6.45) is 3.04. The lowest BCUT2D eigenvalue weighted by Gasteiger charge is -2.32. The smallest absolute Gasteiger partial charge is 0.463 e. The summed E-state index contributed by atoms with van der Waals surface area (Å²) in [5, 5.41) is 0.537. The zero-order valence-electron chi connectivity index (χ0n) is 14.2. The van der Waals surface area contributed by atoms with Gasteiger partial charge in [-0.15, -0.1) is 0 Å². The van der Waals surface area contributed by atoms with Crippen molar-refractivity contribution in [1.29, 1.82) is 0 Å². The fraction of sp³-hybridized carbons (Fsp3) is 0.471. The van der Waals surface area contributed by atoms with Gasteiger partial charge in [-0.3, -0.25) is 0 Å². The maximum absolute atomic E-state index is 11.3. The van der Waals surface area contributed by atoms with Crippen molar-refractivity contribution in [3.05, 3.63) is 34.9 Å². The second kappa shape index (κ2) is 6.67. The Labute approximate surface area is 142 Å². The van der Waals surface area contributed by atoms with Gasteiger partial charge in [-0.25, -0.2) is 4.79 Å². The molecule has 0 atom stereocenters. The molecule has 1 fully saturated rings. The predicted molar refractivity (Wildman–Crippen MR) is 92.8 cm³/mol. The zero-order valence-corrected chi connectivity index (χ0v) is 14.9. The van der Waals surface area contributed by atoms with E-state index in [9.17, 15) is 4.79 Å². The SMILES string of the molecule is CCOC(=O)C=Cc1ccc(B2OC(C)(C)C(C)(C)O2)c(Cl)c1. The number of hydrogen-bond acceptors (Lipinski definition) is 4. The predicted octanol–water partition coefficient (Wildman–Crippen LogP) is 3.22. The first-order valence-electron chi connectivity index (χ1n) is 7.66. The molecule has 4 nitrogen and oxygen atoms in total. The van der Waals surface area contributed by atoms with Crippen molar-refractivity contribution in [1.82, 2.24) is 0 Å². The molecule has 1 aliphatic rings. The number of esters is 1. The fourth-order valence-electron chi connectivity index (χ4n) is 2.16. The van der Waals surface area contributed by atoms with Crippen LogP contribution < -0.4 is 5.46 Å². The first-order valence-corrected chi connectivity index (χ1v) is 8.04. The molecule has 124 valence electrons. The lowest BCUT2D eigenvalue weighted by molar-refractivity contribution is -0.137. The first-order chi connectivity index (χ1) is 10.7. The summed E-state index contributed by atoms with van der Waals surface area (Å²) in [5.41, 5.74) is 0.759. The largest absolute Gasteiger partial charge is 0.496 e. The van der Waals surface area contributed by atoms with Crippen molar-refractivity contribution >= 4 is 36.2 Å². The Morgan fingerprint density at radius 2 is 1.87 bits per heavy atom. The van der Waals surface area contributed by atoms with Crippen LogP contribution in [-0.2, 0) is 18.8 Å². The minimum absolute atomic E-state index is 0.352. The van der Waals surface area contributed by atoms with Crippen LogP contribution in [0.25, 0.3) is 6.08 Å². The quantitative estimate of drug-likeness (QED) is 0.481. The number of carbonyl (C=O) groups excluding carboxylic acids is 1. The molecule has 0 N–H and O–H groups in total. The van der Waals surface area contributed by atoms with Crippen molar-refractivity contribution in [3.8, 4) is 0 Å². The minimum Gasteiger partial charge on any atom is -0.463 e. The van der Waals surface area contributed by atoms with E-state index in [2.05, 4.69) is 0 Å². The number of rotatable bonds is 4. The number of ether oxygens (including phenoxy) is 1. The van der Waals surface area contributed by atoms with E-state index >= 15 is 0 Å². The summed E-state index contributed by atoms with van der Waals surface area (Å²) in [7, 11) is -0.504. The number of carbonyl (C=O) groups is 1. The molecule has 0 amide bonds. The Kier molecular flexibility index (Phi) is 5.24. The molecule has 0 unspecified atom stereocenters. The Bertz CT molecular complexity index is 609. The monoisotopic (exact) mass is 336 g/mol. The molecule has 23 heavy (non-hydrogen) atoms. The lowest BCUT2D eigenvalue weighted by Crippen LogP contribution is -2.41. The van der Waals surface area contributed by atoms with Crippen LogP contribution in [-0.4, -0.2) is 30.9 Å². The summed E-state index contributed by atoms with van der Waals surface area (Å²) >= 11 is 6.36. The number of benzene rings is 1. The fourth-order valence-corrected chi connectivity index (χ4v) is 2.44. The van der Waals surface area contributed by atoms with E-state index in [1.807, 2.05) is 39.8 Å². The Balaban J connectivity index is 2.16. The molecule has 1 aromatic rings. The van der Waals surface area contributed by atoms with E-state index < -0.39 is 18.3 Å². The molecule has 2 rings (SSSR count). The highest BCUT2D eigenvalue weighted by Crippen LogP contribution is 2.37. The van der Waals surface area contributed by atoms with Gasteiger partial charge in [0.15, 0.2) is 0 Å². The van der Waals surface area contributed by atoms with Gasteiger partial charge in [-0.2, -0.15) is 0 Å². The van der Waals surface area contributed by atoms with E-state index in [1.165, 1.54) is 6.08 Å². The molecule has 6 heteroatoms. The molecular formula is C17H22BClO4. The molecule has 0 aromatic heterocycles. The molecule has 1 saturated heterocycles. The van der Waals surface area contributed by atoms with Crippen LogP contribution >= 0.6 is 11.6 Å². The molecule has 0 bridgehead atoms. The summed E-state index contributed by atoms with van der Waals surface area (Å²) < 4.78 is 16.9. The summed E-state index contributed by atoms with van der Waals surface area (Å²) in [6.45, 7) is 10.1. The van der Waals surface area contributed by atoms with E-state index in [1.54, 1.807) is 19.1 Å². The maximum Gasteiger partial charge on any atom is 0.496 e. The van der Waals surface area contributed by atoms with Crippen molar-refractivity contribution in [2.24, 2.45) is 0 Å². The zero-order chi connectivity index (χ0) is 17.3. The standard InChI is InChI=1S/C17H22BClO4/c1-6-21-15(20)10-8-12-7-9-13(14(19)11-12)18-22-16(2,3)17(4,5)23-18/h7-11H,6H2,1-5H3. The Hall–Kier alpha value is -1.30. The van der Waals surface area contributed by atoms with Gasteiger partial charge >= 0.3 is 13.1 Å². The van der Waals surface area contributed by atoms with Crippen molar-refractivity contribution < 1.29 is 18.8 Å². The first kappa shape index (κ1) is 18.0. The second-order valence-electron chi connectivity index (χ2n) is 6.45. The van der Waals surface area contributed by atoms with Gasteiger partial charge in [-0.05, 0) is 52.3 Å². The molecule has 0 saturated carbocycles. The van der Waals surface area contributed by atoms with Crippen molar-refractivity contribution in [2.45, 2.75) is 45.8 Å². The van der Waals surface area contributed by atoms with Gasteiger partial charge in [0.1, 0.15) is 0 Å². The van der Waals surface area contributed by atoms with Gasteiger partial charge in [0.05, 0.1) is 17.8 Å². The van der Waals surface area contributed by atoms with Crippen LogP contribution in [0.1, 0.15) is 40.2 Å². The summed E-state index contributed by atoms with van der Waals surface area (Å²) in [4.78, 5) is 11.3. The van der Waals surface area contributed by atoms with Crippen LogP contribution in [0.5, 0.6) is 0 Å². The molecule has 1 aromatic carbocycles. The molecular weight excluding hydrogens is 314 g/mol. The second-order valence-corrected chi connectivity index (χ2v) is 6.86. The third-order valence-corrected chi connectivity index (χ3v) is 4.56. The molecule has 0 spiro atoms. The van der Waals surface area contributed by atoms with Crippen molar-refractivity contribution in [3.63, 3.8) is 0 Å². The van der Waals surface area contributed by atoms with Gasteiger partial charge in [0.25, 0.3) is 0 Å². The van der Waals surface area contributed by atoms with E-state index in [-0.39, 0.29) is 5.97 Å². The maximum atomic E-state index is 11.3. The molecule has 0 radical (unpaired) electrons. The molecule has 1 heterocycles. The lowest BCUT2D eigenvalue weighted by atomic mass is 9.78. The highest BCUT2D eigenvalue weighted by Gasteiger charge is 2.52. The summed E-state index contributed by atoms with van der Waals surface area (Å²) in [6, 6.07) is 5.49. The Morgan fingerprint density at radius 1 is 1.26 bits per heavy atom. The average Bonchev–Trinajstić information content (AvgIpc) is 2.65. The summed E-state index contributed by atoms with van der Waals surface area (Å²) in [5.74, 6) is -0.376. The van der Waals surface area contributed by atoms with E-state index in [0.29, 0.717) is 11.6 Å². The third-order valence-electron chi connectivity index (χ3n) is 4.23. The minimum atomic E-state index is -0.504. The van der Waals surface area contributed by atoms with E-state index in [0.717, 1.165) is 11.0 Å². The van der Waals surface area contributed by atoms with Gasteiger partial charge in [0, 0.05) is 16.6 Å². The topological polar surface area (TPSA) is 44.8 Å². The average molecular weight is 337 g/mol. The number of halogens is 1. The van der Waals surface area contributed by atoms with Crippen molar-refractivity contribution in [2.75, 3.05) is 6.61 Å². The Morgan fingerprint density at radius 3 is 2.39 bits per heavy atom. The van der Waals surface area contributed by atoms with Crippen LogP contribution in [0, 0.1) is 0 Å². The van der Waals surface area contributed by atoms with Crippen LogP contribution in [0.4, 0.5) is 0 Å². The van der Waals surface area contributed by atoms with Gasteiger partial charge in [-0.1, -0.05) is 23.7 Å². The molecule has 0 aliphatic carbocycles. The van der Waals surface area contributed by atoms with Crippen LogP contribution in [0.2, 0.25) is 5.02 Å². The number of hydrogen-bond donors (Lipinski definition) is 0. The normalized spacial score (nSPS) is 19.3. The van der Waals surface area contributed by atoms with Gasteiger partial charge in [0.2, 0.25) is 0 Å². The van der Waals surface area contributed by atoms with Crippen LogP contribution in [0.15, 0.2) is 24.3 Å². The molecule has 1 aliphatic heterocycles. The third kappa shape index (κ3) is 3.97. The highest BCUT2D eigenvalue weighted by atomic mass is 35.5. The van der Waals surface area contributed by atoms with Crippen LogP contribution in [0.3, 0.4) is 0 Å². The van der Waals surface area contributed by atoms with Gasteiger partial charge < -0.3 is 14.0 Å². The highest BCUT2D eigenvalue weighted by molar-refractivity contribution is 6.65. The van der Waals surface area contributed by atoms with E-state index in [4.69, 9.17) is 25.6 Å².